The first-order valence-electron chi connectivity index (χ1n) is 8.61. The van der Waals surface area contributed by atoms with Crippen LogP contribution in [-0.2, 0) is 6.54 Å². The van der Waals surface area contributed by atoms with Crippen molar-refractivity contribution in [2.45, 2.75) is 27.3 Å². The smallest absolute Gasteiger partial charge is 0.335 e. The van der Waals surface area contributed by atoms with E-state index < -0.39 is 5.97 Å². The lowest BCUT2D eigenvalue weighted by atomic mass is 10.1. The van der Waals surface area contributed by atoms with Gasteiger partial charge in [-0.15, -0.1) is 0 Å². The van der Waals surface area contributed by atoms with E-state index in [-0.39, 0.29) is 11.5 Å². The molecular formula is C21H22N2O3. The first-order chi connectivity index (χ1) is 12.4. The number of nitrogens with one attached hydrogen (secondary N) is 1. The van der Waals surface area contributed by atoms with Crippen LogP contribution in [0.3, 0.4) is 0 Å². The Balaban J connectivity index is 1.87. The molecule has 3 rings (SSSR count). The van der Waals surface area contributed by atoms with Crippen LogP contribution < -0.4 is 0 Å². The number of nitrogens with zero attached hydrogens (tertiary/aromatic N) is 1. The fraction of sp³-hybridized carbons (Fsp3) is 0.238. The number of rotatable bonds is 5. The highest BCUT2D eigenvalue weighted by atomic mass is 16.4. The van der Waals surface area contributed by atoms with E-state index in [9.17, 15) is 9.59 Å². The third-order valence-electron chi connectivity index (χ3n) is 4.67. The zero-order chi connectivity index (χ0) is 18.8. The molecule has 0 spiro atoms. The predicted molar refractivity (Wildman–Crippen MR) is 102 cm³/mol. The molecule has 0 atom stereocenters. The maximum atomic E-state index is 13.0. The van der Waals surface area contributed by atoms with Crippen LogP contribution in [0, 0.1) is 13.8 Å². The second kappa shape index (κ2) is 7.04. The number of carboxylic acid groups (broad SMARTS) is 1. The molecule has 0 bridgehead atoms. The van der Waals surface area contributed by atoms with Crippen LogP contribution in [0.25, 0.3) is 10.9 Å². The molecule has 0 aliphatic rings. The maximum absolute atomic E-state index is 13.0. The summed E-state index contributed by atoms with van der Waals surface area (Å²) in [5.41, 5.74) is 4.81. The molecule has 5 nitrogen and oxygen atoms in total. The van der Waals surface area contributed by atoms with Crippen molar-refractivity contribution in [2.75, 3.05) is 6.54 Å². The van der Waals surface area contributed by atoms with Crippen molar-refractivity contribution in [2.24, 2.45) is 0 Å². The van der Waals surface area contributed by atoms with Gasteiger partial charge in [-0.1, -0.05) is 23.8 Å². The van der Waals surface area contributed by atoms with E-state index in [1.165, 1.54) is 0 Å². The van der Waals surface area contributed by atoms with Gasteiger partial charge >= 0.3 is 5.97 Å². The van der Waals surface area contributed by atoms with Gasteiger partial charge in [-0.05, 0) is 56.2 Å². The first kappa shape index (κ1) is 17.7. The van der Waals surface area contributed by atoms with Crippen molar-refractivity contribution in [3.05, 3.63) is 70.4 Å². The lowest BCUT2D eigenvalue weighted by Gasteiger charge is -2.21. The molecule has 0 aliphatic carbocycles. The van der Waals surface area contributed by atoms with E-state index in [0.717, 1.165) is 27.6 Å². The van der Waals surface area contributed by atoms with Crippen LogP contribution >= 0.6 is 0 Å². The van der Waals surface area contributed by atoms with Gasteiger partial charge in [0, 0.05) is 24.0 Å². The number of aromatic amines is 1. The fourth-order valence-electron chi connectivity index (χ4n) is 3.11. The predicted octanol–water partition coefficient (Wildman–Crippen LogP) is 4.15. The van der Waals surface area contributed by atoms with E-state index in [2.05, 4.69) is 11.1 Å². The van der Waals surface area contributed by atoms with E-state index >= 15 is 0 Å². The number of amides is 1. The van der Waals surface area contributed by atoms with Gasteiger partial charge in [0.15, 0.2) is 0 Å². The van der Waals surface area contributed by atoms with Crippen LogP contribution in [0.5, 0.6) is 0 Å². The maximum Gasteiger partial charge on any atom is 0.335 e. The summed E-state index contributed by atoms with van der Waals surface area (Å²) in [5, 5.41) is 10.1. The summed E-state index contributed by atoms with van der Waals surface area (Å²) in [4.78, 5) is 29.0. The minimum atomic E-state index is -0.955. The third-order valence-corrected chi connectivity index (χ3v) is 4.67. The van der Waals surface area contributed by atoms with Gasteiger partial charge in [-0.25, -0.2) is 4.79 Å². The SMILES string of the molecule is CCN(Cc1ccc(C(=O)O)cc1)C(=O)c1[nH]c2ccc(C)cc2c1C. The van der Waals surface area contributed by atoms with Crippen LogP contribution in [0.4, 0.5) is 0 Å². The van der Waals surface area contributed by atoms with Gasteiger partial charge in [0.25, 0.3) is 5.91 Å². The van der Waals surface area contributed by atoms with Crippen molar-refractivity contribution in [1.82, 2.24) is 9.88 Å². The molecule has 0 radical (unpaired) electrons. The lowest BCUT2D eigenvalue weighted by molar-refractivity contribution is 0.0694. The van der Waals surface area contributed by atoms with Crippen LogP contribution in [-0.4, -0.2) is 33.4 Å². The molecule has 0 saturated carbocycles. The Kier molecular flexibility index (Phi) is 4.80. The topological polar surface area (TPSA) is 73.4 Å². The second-order valence-corrected chi connectivity index (χ2v) is 6.50. The second-order valence-electron chi connectivity index (χ2n) is 6.50. The lowest BCUT2D eigenvalue weighted by Crippen LogP contribution is -2.31. The summed E-state index contributed by atoms with van der Waals surface area (Å²) >= 11 is 0. The molecule has 1 amide bonds. The number of benzene rings is 2. The van der Waals surface area contributed by atoms with Crippen molar-refractivity contribution in [3.63, 3.8) is 0 Å². The minimum Gasteiger partial charge on any atom is -0.478 e. The molecule has 26 heavy (non-hydrogen) atoms. The Labute approximate surface area is 152 Å². The molecule has 0 unspecified atom stereocenters. The summed E-state index contributed by atoms with van der Waals surface area (Å²) in [6.07, 6.45) is 0. The standard InChI is InChI=1S/C21H22N2O3/c1-4-23(12-15-6-8-16(9-7-15)21(25)26)20(24)19-14(3)17-11-13(2)5-10-18(17)22-19/h5-11,22H,4,12H2,1-3H3,(H,25,26). The summed E-state index contributed by atoms with van der Waals surface area (Å²) in [6.45, 7) is 6.93. The molecule has 0 saturated heterocycles. The normalized spacial score (nSPS) is 10.9. The Bertz CT molecular complexity index is 971. The monoisotopic (exact) mass is 350 g/mol. The molecule has 1 aromatic heterocycles. The molecule has 1 heterocycles. The van der Waals surface area contributed by atoms with Crippen LogP contribution in [0.15, 0.2) is 42.5 Å². The molecule has 2 aromatic carbocycles. The zero-order valence-corrected chi connectivity index (χ0v) is 15.2. The summed E-state index contributed by atoms with van der Waals surface area (Å²) in [5.74, 6) is -1.01. The number of aromatic carboxylic acids is 1. The van der Waals surface area contributed by atoms with Gasteiger partial charge in [-0.2, -0.15) is 0 Å². The number of carboxylic acids is 1. The number of aryl methyl sites for hydroxylation is 2. The van der Waals surface area contributed by atoms with Crippen molar-refractivity contribution >= 4 is 22.8 Å². The number of aromatic nitrogens is 1. The minimum absolute atomic E-state index is 0.0545. The van der Waals surface area contributed by atoms with Gasteiger partial charge in [-0.3, -0.25) is 4.79 Å². The van der Waals surface area contributed by atoms with Gasteiger partial charge in [0.2, 0.25) is 0 Å². The zero-order valence-electron chi connectivity index (χ0n) is 15.2. The van der Waals surface area contributed by atoms with Crippen molar-refractivity contribution < 1.29 is 14.7 Å². The van der Waals surface area contributed by atoms with Crippen molar-refractivity contribution in [1.29, 1.82) is 0 Å². The molecule has 3 aromatic rings. The number of H-pyrrole nitrogens is 1. The van der Waals surface area contributed by atoms with E-state index in [1.807, 2.05) is 32.9 Å². The fourth-order valence-corrected chi connectivity index (χ4v) is 3.11. The molecule has 0 fully saturated rings. The Morgan fingerprint density at radius 3 is 2.38 bits per heavy atom. The Morgan fingerprint density at radius 1 is 1.08 bits per heavy atom. The summed E-state index contributed by atoms with van der Waals surface area (Å²) < 4.78 is 0. The van der Waals surface area contributed by atoms with Crippen LogP contribution in [0.2, 0.25) is 0 Å². The van der Waals surface area contributed by atoms with E-state index in [1.54, 1.807) is 29.2 Å². The Hall–Kier alpha value is -3.08. The molecule has 134 valence electrons. The highest BCUT2D eigenvalue weighted by Crippen LogP contribution is 2.24. The molecule has 2 N–H and O–H groups in total. The highest BCUT2D eigenvalue weighted by Gasteiger charge is 2.20. The van der Waals surface area contributed by atoms with Gasteiger partial charge < -0.3 is 15.0 Å². The van der Waals surface area contributed by atoms with Crippen LogP contribution in [0.1, 0.15) is 44.5 Å². The van der Waals surface area contributed by atoms with E-state index in [4.69, 9.17) is 5.11 Å². The Morgan fingerprint density at radius 2 is 1.77 bits per heavy atom. The molecule has 0 aliphatic heterocycles. The molecule has 5 heteroatoms. The highest BCUT2D eigenvalue weighted by molar-refractivity contribution is 6.01. The first-order valence-corrected chi connectivity index (χ1v) is 8.61. The third kappa shape index (κ3) is 3.33. The average Bonchev–Trinajstić information content (AvgIpc) is 2.96. The number of fused-ring (bicyclic) bond motifs is 1. The largest absolute Gasteiger partial charge is 0.478 e. The van der Waals surface area contributed by atoms with E-state index in [0.29, 0.717) is 18.8 Å². The molecular weight excluding hydrogens is 328 g/mol. The summed E-state index contributed by atoms with van der Waals surface area (Å²) in [6, 6.07) is 12.7. The summed E-state index contributed by atoms with van der Waals surface area (Å²) in [7, 11) is 0. The number of hydrogen-bond donors (Lipinski definition) is 2. The van der Waals surface area contributed by atoms with Gasteiger partial charge in [0.05, 0.1) is 5.56 Å². The number of carbonyl (C=O) groups is 2. The van der Waals surface area contributed by atoms with Crippen molar-refractivity contribution in [3.8, 4) is 0 Å². The average molecular weight is 350 g/mol. The number of carbonyl (C=O) groups excluding carboxylic acids is 1. The quantitative estimate of drug-likeness (QED) is 0.726. The van der Waals surface area contributed by atoms with Gasteiger partial charge in [0.1, 0.15) is 5.69 Å². The number of hydrogen-bond acceptors (Lipinski definition) is 2.